The Morgan fingerprint density at radius 2 is 2.12 bits per heavy atom. The molecule has 1 N–H and O–H groups in total. The summed E-state index contributed by atoms with van der Waals surface area (Å²) in [6, 6.07) is -0.638. The van der Waals surface area contributed by atoms with E-state index in [4.69, 9.17) is 5.11 Å². The predicted octanol–water partition coefficient (Wildman–Crippen LogP) is 1.80. The first-order valence-corrected chi connectivity index (χ1v) is 6.67. The molecule has 4 nitrogen and oxygen atoms in total. The van der Waals surface area contributed by atoms with Gasteiger partial charge in [0.25, 0.3) is 0 Å². The number of amides is 1. The third kappa shape index (κ3) is 2.90. The number of thioether (sulfide) groups is 1. The van der Waals surface area contributed by atoms with Gasteiger partial charge in [-0.3, -0.25) is 4.79 Å². The van der Waals surface area contributed by atoms with Crippen LogP contribution in [0.5, 0.6) is 0 Å². The van der Waals surface area contributed by atoms with Crippen molar-refractivity contribution in [2.75, 3.05) is 5.75 Å². The van der Waals surface area contributed by atoms with Crippen LogP contribution in [0.1, 0.15) is 33.6 Å². The summed E-state index contributed by atoms with van der Waals surface area (Å²) in [6.45, 7) is 5.95. The molecule has 1 amide bonds. The molecule has 1 heterocycles. The Hall–Kier alpha value is -0.710. The number of nitrogens with zero attached hydrogens (tertiary/aromatic N) is 1. The highest BCUT2D eigenvalue weighted by Gasteiger charge is 2.40. The molecule has 92 valence electrons. The van der Waals surface area contributed by atoms with Crippen molar-refractivity contribution in [3.05, 3.63) is 0 Å². The number of carbonyl (C=O) groups excluding carboxylic acids is 1. The minimum atomic E-state index is -0.888. The lowest BCUT2D eigenvalue weighted by atomic mass is 10.1. The molecule has 0 aromatic carbocycles. The molecule has 0 bridgehead atoms. The van der Waals surface area contributed by atoms with Gasteiger partial charge in [-0.2, -0.15) is 0 Å². The maximum absolute atomic E-state index is 11.8. The van der Waals surface area contributed by atoms with Gasteiger partial charge in [0, 0.05) is 12.2 Å². The molecule has 1 fully saturated rings. The fourth-order valence-electron chi connectivity index (χ4n) is 1.86. The van der Waals surface area contributed by atoms with Gasteiger partial charge in [-0.1, -0.05) is 20.8 Å². The van der Waals surface area contributed by atoms with Crippen molar-refractivity contribution >= 4 is 23.6 Å². The SMILES string of the molecule is CCC(=O)N1C(CC(C)C)SCC1C(=O)O. The molecular weight excluding hydrogens is 226 g/mol. The third-order valence-corrected chi connectivity index (χ3v) is 3.95. The summed E-state index contributed by atoms with van der Waals surface area (Å²) in [4.78, 5) is 24.4. The zero-order valence-electron chi connectivity index (χ0n) is 9.97. The summed E-state index contributed by atoms with van der Waals surface area (Å²) in [7, 11) is 0. The maximum atomic E-state index is 11.8. The highest BCUT2D eigenvalue weighted by molar-refractivity contribution is 8.00. The van der Waals surface area contributed by atoms with Gasteiger partial charge < -0.3 is 10.0 Å². The van der Waals surface area contributed by atoms with Crippen molar-refractivity contribution in [2.24, 2.45) is 5.92 Å². The van der Waals surface area contributed by atoms with Crippen LogP contribution in [-0.4, -0.2) is 39.1 Å². The van der Waals surface area contributed by atoms with E-state index in [0.717, 1.165) is 6.42 Å². The second kappa shape index (κ2) is 5.57. The summed E-state index contributed by atoms with van der Waals surface area (Å²) >= 11 is 1.58. The van der Waals surface area contributed by atoms with Crippen LogP contribution in [0.2, 0.25) is 0 Å². The lowest BCUT2D eigenvalue weighted by Crippen LogP contribution is -2.45. The van der Waals surface area contributed by atoms with Gasteiger partial charge in [0.05, 0.1) is 5.37 Å². The first kappa shape index (κ1) is 13.4. The van der Waals surface area contributed by atoms with Crippen molar-refractivity contribution in [2.45, 2.75) is 45.0 Å². The number of aliphatic carboxylic acids is 1. The van der Waals surface area contributed by atoms with Gasteiger partial charge in [0.1, 0.15) is 6.04 Å². The van der Waals surface area contributed by atoms with Crippen LogP contribution in [0.3, 0.4) is 0 Å². The molecule has 0 saturated carbocycles. The van der Waals surface area contributed by atoms with Gasteiger partial charge in [-0.25, -0.2) is 4.79 Å². The van der Waals surface area contributed by atoms with E-state index >= 15 is 0 Å². The summed E-state index contributed by atoms with van der Waals surface area (Å²) in [6.07, 6.45) is 1.24. The van der Waals surface area contributed by atoms with Crippen molar-refractivity contribution in [1.29, 1.82) is 0 Å². The topological polar surface area (TPSA) is 57.6 Å². The van der Waals surface area contributed by atoms with Crippen LogP contribution in [0.4, 0.5) is 0 Å². The summed E-state index contributed by atoms with van der Waals surface area (Å²) in [5, 5.41) is 9.11. The molecule has 1 rings (SSSR count). The lowest BCUT2D eigenvalue weighted by Gasteiger charge is -2.28. The summed E-state index contributed by atoms with van der Waals surface area (Å²) < 4.78 is 0. The molecule has 1 aliphatic heterocycles. The lowest BCUT2D eigenvalue weighted by molar-refractivity contribution is -0.149. The van der Waals surface area contributed by atoms with E-state index in [0.29, 0.717) is 18.1 Å². The van der Waals surface area contributed by atoms with Crippen molar-refractivity contribution < 1.29 is 14.7 Å². The average molecular weight is 245 g/mol. The minimum Gasteiger partial charge on any atom is -0.480 e. The van der Waals surface area contributed by atoms with Gasteiger partial charge in [-0.05, 0) is 12.3 Å². The Bertz CT molecular complexity index is 280. The van der Waals surface area contributed by atoms with Crippen molar-refractivity contribution in [1.82, 2.24) is 4.90 Å². The van der Waals surface area contributed by atoms with E-state index in [1.54, 1.807) is 23.6 Å². The van der Waals surface area contributed by atoms with E-state index in [1.807, 2.05) is 0 Å². The molecule has 0 spiro atoms. The van der Waals surface area contributed by atoms with Crippen LogP contribution >= 0.6 is 11.8 Å². The highest BCUT2D eigenvalue weighted by atomic mass is 32.2. The van der Waals surface area contributed by atoms with E-state index in [2.05, 4.69) is 13.8 Å². The molecule has 2 unspecified atom stereocenters. The Kier molecular flexibility index (Phi) is 4.65. The second-order valence-electron chi connectivity index (χ2n) is 4.43. The van der Waals surface area contributed by atoms with E-state index in [-0.39, 0.29) is 11.3 Å². The quantitative estimate of drug-likeness (QED) is 0.820. The average Bonchev–Trinajstić information content (AvgIpc) is 2.59. The second-order valence-corrected chi connectivity index (χ2v) is 5.64. The zero-order chi connectivity index (χ0) is 12.3. The number of carbonyl (C=O) groups is 2. The number of hydrogen-bond donors (Lipinski definition) is 1. The Balaban J connectivity index is 2.79. The Morgan fingerprint density at radius 3 is 2.56 bits per heavy atom. The zero-order valence-corrected chi connectivity index (χ0v) is 10.8. The highest BCUT2D eigenvalue weighted by Crippen LogP contribution is 2.33. The predicted molar refractivity (Wildman–Crippen MR) is 64.3 cm³/mol. The summed E-state index contributed by atoms with van der Waals surface area (Å²) in [5.41, 5.74) is 0. The molecule has 2 atom stereocenters. The number of carboxylic acids is 1. The van der Waals surface area contributed by atoms with Crippen LogP contribution < -0.4 is 0 Å². The summed E-state index contributed by atoms with van der Waals surface area (Å²) in [5.74, 6) is 0.0409. The minimum absolute atomic E-state index is 0.0357. The fourth-order valence-corrected chi connectivity index (χ4v) is 3.51. The Morgan fingerprint density at radius 1 is 1.50 bits per heavy atom. The number of rotatable bonds is 4. The van der Waals surface area contributed by atoms with E-state index in [1.165, 1.54) is 0 Å². The van der Waals surface area contributed by atoms with Crippen molar-refractivity contribution in [3.8, 4) is 0 Å². The number of hydrogen-bond acceptors (Lipinski definition) is 3. The van der Waals surface area contributed by atoms with Gasteiger partial charge in [0.2, 0.25) is 5.91 Å². The fraction of sp³-hybridized carbons (Fsp3) is 0.818. The molecule has 1 saturated heterocycles. The molecule has 16 heavy (non-hydrogen) atoms. The molecule has 1 aliphatic rings. The van der Waals surface area contributed by atoms with Crippen molar-refractivity contribution in [3.63, 3.8) is 0 Å². The molecule has 0 aliphatic carbocycles. The molecule has 0 aromatic rings. The van der Waals surface area contributed by atoms with Crippen LogP contribution in [0, 0.1) is 5.92 Å². The van der Waals surface area contributed by atoms with E-state index in [9.17, 15) is 9.59 Å². The van der Waals surface area contributed by atoms with Crippen LogP contribution in [0.15, 0.2) is 0 Å². The maximum Gasteiger partial charge on any atom is 0.327 e. The van der Waals surface area contributed by atoms with E-state index < -0.39 is 12.0 Å². The largest absolute Gasteiger partial charge is 0.480 e. The van der Waals surface area contributed by atoms with Gasteiger partial charge in [0.15, 0.2) is 0 Å². The van der Waals surface area contributed by atoms with Gasteiger partial charge >= 0.3 is 5.97 Å². The third-order valence-electron chi connectivity index (χ3n) is 2.64. The molecule has 0 radical (unpaired) electrons. The smallest absolute Gasteiger partial charge is 0.327 e. The van der Waals surface area contributed by atoms with Crippen LogP contribution in [-0.2, 0) is 9.59 Å². The number of carboxylic acid groups (broad SMARTS) is 1. The first-order chi connectivity index (χ1) is 7.47. The van der Waals surface area contributed by atoms with Gasteiger partial charge in [-0.15, -0.1) is 11.8 Å². The Labute approximate surface area is 100 Å². The molecule has 5 heteroatoms. The normalized spacial score (nSPS) is 25.1. The monoisotopic (exact) mass is 245 g/mol. The standard InChI is InChI=1S/C11H19NO3S/c1-4-9(13)12-8(11(14)15)6-16-10(12)5-7(2)3/h7-8,10H,4-6H2,1-3H3,(H,14,15). The first-order valence-electron chi connectivity index (χ1n) is 5.63. The molecule has 0 aromatic heterocycles. The van der Waals surface area contributed by atoms with Crippen LogP contribution in [0.25, 0.3) is 0 Å². The molecular formula is C11H19NO3S.